The van der Waals surface area contributed by atoms with Gasteiger partial charge in [0.15, 0.2) is 9.84 Å². The number of benzene rings is 1. The van der Waals surface area contributed by atoms with E-state index in [1.54, 1.807) is 39.0 Å². The lowest BCUT2D eigenvalue weighted by atomic mass is 10.2. The van der Waals surface area contributed by atoms with Gasteiger partial charge in [-0.15, -0.1) is 0 Å². The lowest BCUT2D eigenvalue weighted by Gasteiger charge is -2.16. The molecule has 0 heterocycles. The van der Waals surface area contributed by atoms with Gasteiger partial charge in [0, 0.05) is 11.8 Å². The zero-order valence-electron chi connectivity index (χ0n) is 10.3. The highest BCUT2D eigenvalue weighted by Gasteiger charge is 2.15. The third-order valence-electron chi connectivity index (χ3n) is 2.54. The van der Waals surface area contributed by atoms with Crippen LogP contribution in [0, 0.1) is 12.7 Å². The van der Waals surface area contributed by atoms with Gasteiger partial charge in [0.2, 0.25) is 0 Å². The summed E-state index contributed by atoms with van der Waals surface area (Å²) in [5, 5.41) is 2.89. The summed E-state index contributed by atoms with van der Waals surface area (Å²) in [6.07, 6.45) is 0. The Morgan fingerprint density at radius 1 is 1.41 bits per heavy atom. The topological polar surface area (TPSA) is 46.2 Å². The van der Waals surface area contributed by atoms with Gasteiger partial charge in [0.05, 0.1) is 11.4 Å². The molecule has 0 radical (unpaired) electrons. The van der Waals surface area contributed by atoms with Crippen LogP contribution in [0.1, 0.15) is 19.4 Å². The Hall–Kier alpha value is -1.10. The second-order valence-corrected chi connectivity index (χ2v) is 6.58. The lowest BCUT2D eigenvalue weighted by Crippen LogP contribution is -2.27. The van der Waals surface area contributed by atoms with Crippen molar-refractivity contribution in [2.45, 2.75) is 26.8 Å². The van der Waals surface area contributed by atoms with Crippen molar-refractivity contribution < 1.29 is 12.8 Å². The van der Waals surface area contributed by atoms with Gasteiger partial charge in [-0.1, -0.05) is 19.1 Å². The first-order chi connectivity index (χ1) is 7.85. The average molecular weight is 259 g/mol. The molecule has 3 nitrogen and oxygen atoms in total. The van der Waals surface area contributed by atoms with Crippen molar-refractivity contribution >= 4 is 15.5 Å². The summed E-state index contributed by atoms with van der Waals surface area (Å²) in [7, 11) is -3.05. The van der Waals surface area contributed by atoms with Crippen LogP contribution < -0.4 is 5.32 Å². The first-order valence-electron chi connectivity index (χ1n) is 5.58. The largest absolute Gasteiger partial charge is 0.379 e. The molecule has 0 aromatic heterocycles. The highest BCUT2D eigenvalue weighted by Crippen LogP contribution is 2.18. The van der Waals surface area contributed by atoms with Crippen LogP contribution in [0.25, 0.3) is 0 Å². The molecule has 0 aliphatic carbocycles. The van der Waals surface area contributed by atoms with Crippen molar-refractivity contribution in [3.05, 3.63) is 29.6 Å². The van der Waals surface area contributed by atoms with Gasteiger partial charge in [0.25, 0.3) is 0 Å². The van der Waals surface area contributed by atoms with E-state index < -0.39 is 9.84 Å². The maximum absolute atomic E-state index is 13.7. The van der Waals surface area contributed by atoms with Crippen LogP contribution >= 0.6 is 0 Å². The van der Waals surface area contributed by atoms with Crippen LogP contribution in [0.15, 0.2) is 18.2 Å². The normalized spacial score (nSPS) is 13.4. The average Bonchev–Trinajstić information content (AvgIpc) is 2.24. The van der Waals surface area contributed by atoms with Crippen LogP contribution in [-0.2, 0) is 9.84 Å². The number of anilines is 1. The molecule has 0 amide bonds. The quantitative estimate of drug-likeness (QED) is 0.883. The van der Waals surface area contributed by atoms with Crippen molar-refractivity contribution in [2.24, 2.45) is 0 Å². The van der Waals surface area contributed by atoms with E-state index in [0.717, 1.165) is 0 Å². The highest BCUT2D eigenvalue weighted by atomic mass is 32.2. The Balaban J connectivity index is 2.75. The summed E-state index contributed by atoms with van der Waals surface area (Å²) in [6.45, 7) is 5.01. The third-order valence-corrected chi connectivity index (χ3v) is 4.42. The Morgan fingerprint density at radius 3 is 2.65 bits per heavy atom. The molecule has 17 heavy (non-hydrogen) atoms. The highest BCUT2D eigenvalue weighted by molar-refractivity contribution is 7.91. The molecule has 1 aromatic carbocycles. The molecular formula is C12H18FNO2S. The summed E-state index contributed by atoms with van der Waals surface area (Å²) in [6, 6.07) is 4.71. The van der Waals surface area contributed by atoms with E-state index in [2.05, 4.69) is 5.32 Å². The van der Waals surface area contributed by atoms with E-state index in [0.29, 0.717) is 11.3 Å². The Morgan fingerprint density at radius 2 is 2.06 bits per heavy atom. The zero-order chi connectivity index (χ0) is 13.1. The molecule has 5 heteroatoms. The Labute approximate surface area is 102 Å². The lowest BCUT2D eigenvalue weighted by molar-refractivity contribution is 0.591. The van der Waals surface area contributed by atoms with Gasteiger partial charge in [-0.2, -0.15) is 0 Å². The van der Waals surface area contributed by atoms with E-state index in [4.69, 9.17) is 0 Å². The van der Waals surface area contributed by atoms with E-state index >= 15 is 0 Å². The molecule has 0 saturated heterocycles. The minimum atomic E-state index is -3.05. The number of nitrogens with one attached hydrogen (secondary N) is 1. The van der Waals surface area contributed by atoms with Crippen LogP contribution in [0.4, 0.5) is 10.1 Å². The summed E-state index contributed by atoms with van der Waals surface area (Å²) < 4.78 is 36.5. The molecule has 96 valence electrons. The van der Waals surface area contributed by atoms with Gasteiger partial charge in [0.1, 0.15) is 5.82 Å². The molecule has 1 rings (SSSR count). The molecular weight excluding hydrogens is 241 g/mol. The number of sulfone groups is 1. The second-order valence-electron chi connectivity index (χ2n) is 4.18. The molecule has 0 aliphatic rings. The molecule has 0 fully saturated rings. The molecule has 0 bridgehead atoms. The second kappa shape index (κ2) is 5.49. The van der Waals surface area contributed by atoms with Crippen molar-refractivity contribution in [1.29, 1.82) is 0 Å². The smallest absolute Gasteiger partial charge is 0.152 e. The molecule has 1 aromatic rings. The standard InChI is InChI=1S/C12H18FNO2S/c1-4-17(15,16)8-10(3)14-11-7-5-6-9(2)12(11)13/h5-7,10,14H,4,8H2,1-3H3. The molecule has 0 aliphatic heterocycles. The van der Waals surface area contributed by atoms with Crippen LogP contribution in [0.2, 0.25) is 0 Å². The van der Waals surface area contributed by atoms with Crippen LogP contribution in [0.3, 0.4) is 0 Å². The van der Waals surface area contributed by atoms with Gasteiger partial charge in [-0.25, -0.2) is 12.8 Å². The summed E-state index contributed by atoms with van der Waals surface area (Å²) in [5.74, 6) is -0.208. The van der Waals surface area contributed by atoms with E-state index in [1.807, 2.05) is 0 Å². The molecule has 0 spiro atoms. The van der Waals surface area contributed by atoms with Gasteiger partial charge >= 0.3 is 0 Å². The number of rotatable bonds is 5. The van der Waals surface area contributed by atoms with Gasteiger partial charge in [-0.05, 0) is 25.5 Å². The predicted octanol–water partition coefficient (Wildman–Crippen LogP) is 2.37. The fourth-order valence-corrected chi connectivity index (χ4v) is 2.65. The van der Waals surface area contributed by atoms with Crippen LogP contribution in [-0.4, -0.2) is 26.0 Å². The molecule has 1 unspecified atom stereocenters. The number of halogens is 1. The van der Waals surface area contributed by atoms with Crippen LogP contribution in [0.5, 0.6) is 0 Å². The van der Waals surface area contributed by atoms with E-state index in [-0.39, 0.29) is 23.4 Å². The number of hydrogen-bond donors (Lipinski definition) is 1. The zero-order valence-corrected chi connectivity index (χ0v) is 11.1. The summed E-state index contributed by atoms with van der Waals surface area (Å²) in [5.41, 5.74) is 0.893. The maximum Gasteiger partial charge on any atom is 0.152 e. The minimum absolute atomic E-state index is 0.0108. The minimum Gasteiger partial charge on any atom is -0.379 e. The van der Waals surface area contributed by atoms with Crippen molar-refractivity contribution in [3.63, 3.8) is 0 Å². The van der Waals surface area contributed by atoms with E-state index in [1.165, 1.54) is 0 Å². The predicted molar refractivity (Wildman–Crippen MR) is 68.5 cm³/mol. The van der Waals surface area contributed by atoms with Gasteiger partial charge < -0.3 is 5.32 Å². The molecule has 0 saturated carbocycles. The summed E-state index contributed by atoms with van der Waals surface area (Å²) >= 11 is 0. The maximum atomic E-state index is 13.7. The summed E-state index contributed by atoms with van der Waals surface area (Å²) in [4.78, 5) is 0. The molecule has 1 atom stereocenters. The van der Waals surface area contributed by atoms with Crippen molar-refractivity contribution in [3.8, 4) is 0 Å². The fraction of sp³-hybridized carbons (Fsp3) is 0.500. The van der Waals surface area contributed by atoms with E-state index in [9.17, 15) is 12.8 Å². The number of aryl methyl sites for hydroxylation is 1. The van der Waals surface area contributed by atoms with Crippen molar-refractivity contribution in [2.75, 3.05) is 16.8 Å². The first-order valence-corrected chi connectivity index (χ1v) is 7.40. The first kappa shape index (κ1) is 14.0. The molecule has 1 N–H and O–H groups in total. The Kier molecular flexibility index (Phi) is 4.51. The monoisotopic (exact) mass is 259 g/mol. The fourth-order valence-electron chi connectivity index (χ4n) is 1.56. The SMILES string of the molecule is CCS(=O)(=O)CC(C)Nc1cccc(C)c1F. The third kappa shape index (κ3) is 4.00. The van der Waals surface area contributed by atoms with Gasteiger partial charge in [-0.3, -0.25) is 0 Å². The number of hydrogen-bond acceptors (Lipinski definition) is 3. The Bertz CT molecular complexity index is 485. The van der Waals surface area contributed by atoms with Crippen molar-refractivity contribution in [1.82, 2.24) is 0 Å².